The van der Waals surface area contributed by atoms with E-state index in [9.17, 15) is 9.18 Å². The standard InChI is InChI=1S/C22H20FN3O2/c1-13-21-18(26-22(24)25-13)9-15(10-19(21)27)17-8-7-16(23)11-20(17)28-12-14-5-3-2-4-6-14/h2-8,11,15H,9-10,12H2,1H3,(H2,24,25,26). The molecule has 0 amide bonds. The van der Waals surface area contributed by atoms with Gasteiger partial charge in [-0.2, -0.15) is 0 Å². The molecule has 0 radical (unpaired) electrons. The predicted molar refractivity (Wildman–Crippen MR) is 104 cm³/mol. The van der Waals surface area contributed by atoms with E-state index in [1.165, 1.54) is 12.1 Å². The van der Waals surface area contributed by atoms with Gasteiger partial charge in [0.25, 0.3) is 0 Å². The van der Waals surface area contributed by atoms with Gasteiger partial charge in [0.2, 0.25) is 5.95 Å². The minimum atomic E-state index is -0.378. The average Bonchev–Trinajstić information content (AvgIpc) is 2.66. The number of carbonyl (C=O) groups excluding carboxylic acids is 1. The molecule has 0 fully saturated rings. The molecule has 5 nitrogen and oxygen atoms in total. The molecule has 1 aliphatic carbocycles. The molecule has 3 aromatic rings. The molecule has 1 aromatic heterocycles. The molecule has 2 aromatic carbocycles. The Bertz CT molecular complexity index is 1040. The number of benzene rings is 2. The summed E-state index contributed by atoms with van der Waals surface area (Å²) in [6.45, 7) is 2.09. The number of nitrogen functional groups attached to an aromatic ring is 1. The number of nitrogens with two attached hydrogens (primary N) is 1. The Hall–Kier alpha value is -3.28. The highest BCUT2D eigenvalue weighted by Crippen LogP contribution is 2.38. The molecule has 1 heterocycles. The van der Waals surface area contributed by atoms with Crippen molar-refractivity contribution in [1.82, 2.24) is 9.97 Å². The Morgan fingerprint density at radius 3 is 2.71 bits per heavy atom. The van der Waals surface area contributed by atoms with Crippen LogP contribution in [0.2, 0.25) is 0 Å². The smallest absolute Gasteiger partial charge is 0.220 e. The molecule has 4 rings (SSSR count). The van der Waals surface area contributed by atoms with Crippen LogP contribution in [0.3, 0.4) is 0 Å². The van der Waals surface area contributed by atoms with Crippen molar-refractivity contribution in [3.8, 4) is 5.75 Å². The quantitative estimate of drug-likeness (QED) is 0.744. The number of anilines is 1. The molecule has 6 heteroatoms. The van der Waals surface area contributed by atoms with Crippen LogP contribution < -0.4 is 10.5 Å². The van der Waals surface area contributed by atoms with Gasteiger partial charge in [-0.15, -0.1) is 0 Å². The van der Waals surface area contributed by atoms with Gasteiger partial charge >= 0.3 is 0 Å². The van der Waals surface area contributed by atoms with Crippen molar-refractivity contribution in [2.75, 3.05) is 5.73 Å². The summed E-state index contributed by atoms with van der Waals surface area (Å²) in [4.78, 5) is 21.1. The zero-order chi connectivity index (χ0) is 19.7. The van der Waals surface area contributed by atoms with Crippen molar-refractivity contribution in [1.29, 1.82) is 0 Å². The number of hydrogen-bond donors (Lipinski definition) is 1. The lowest BCUT2D eigenvalue weighted by atomic mass is 9.81. The van der Waals surface area contributed by atoms with Crippen LogP contribution >= 0.6 is 0 Å². The van der Waals surface area contributed by atoms with Gasteiger partial charge < -0.3 is 10.5 Å². The van der Waals surface area contributed by atoms with Crippen LogP contribution in [0.1, 0.15) is 45.2 Å². The van der Waals surface area contributed by atoms with E-state index >= 15 is 0 Å². The number of ether oxygens (including phenoxy) is 1. The monoisotopic (exact) mass is 377 g/mol. The molecule has 0 saturated carbocycles. The Morgan fingerprint density at radius 1 is 1.14 bits per heavy atom. The number of aryl methyl sites for hydroxylation is 1. The molecule has 142 valence electrons. The first kappa shape index (κ1) is 18.1. The molecule has 28 heavy (non-hydrogen) atoms. The second kappa shape index (κ2) is 7.38. The molecule has 0 bridgehead atoms. The molecule has 0 aliphatic heterocycles. The van der Waals surface area contributed by atoms with Crippen molar-refractivity contribution < 1.29 is 13.9 Å². The van der Waals surface area contributed by atoms with Gasteiger partial charge in [0.1, 0.15) is 18.2 Å². The highest BCUT2D eigenvalue weighted by molar-refractivity contribution is 5.99. The van der Waals surface area contributed by atoms with Crippen LogP contribution in [-0.2, 0) is 13.0 Å². The highest BCUT2D eigenvalue weighted by Gasteiger charge is 2.31. The summed E-state index contributed by atoms with van der Waals surface area (Å²) in [7, 11) is 0. The van der Waals surface area contributed by atoms with Gasteiger partial charge in [-0.05, 0) is 30.5 Å². The van der Waals surface area contributed by atoms with Crippen LogP contribution in [0, 0.1) is 12.7 Å². The van der Waals surface area contributed by atoms with E-state index in [1.54, 1.807) is 13.0 Å². The van der Waals surface area contributed by atoms with E-state index in [4.69, 9.17) is 10.5 Å². The van der Waals surface area contributed by atoms with Gasteiger partial charge in [-0.3, -0.25) is 4.79 Å². The van der Waals surface area contributed by atoms with E-state index in [2.05, 4.69) is 9.97 Å². The Morgan fingerprint density at radius 2 is 1.93 bits per heavy atom. The summed E-state index contributed by atoms with van der Waals surface area (Å²) in [5.74, 6) is 0.0483. The summed E-state index contributed by atoms with van der Waals surface area (Å²) in [6.07, 6.45) is 0.830. The van der Waals surface area contributed by atoms with Crippen molar-refractivity contribution in [3.05, 3.63) is 82.4 Å². The lowest BCUT2D eigenvalue weighted by Gasteiger charge is -2.26. The fourth-order valence-electron chi connectivity index (χ4n) is 3.72. The van der Waals surface area contributed by atoms with Gasteiger partial charge in [0.15, 0.2) is 5.78 Å². The van der Waals surface area contributed by atoms with E-state index < -0.39 is 0 Å². The van der Waals surface area contributed by atoms with Crippen molar-refractivity contribution >= 4 is 11.7 Å². The molecule has 1 unspecified atom stereocenters. The third kappa shape index (κ3) is 3.58. The number of aromatic nitrogens is 2. The minimum Gasteiger partial charge on any atom is -0.489 e. The van der Waals surface area contributed by atoms with Gasteiger partial charge in [0, 0.05) is 18.4 Å². The SMILES string of the molecule is Cc1nc(N)nc2c1C(=O)CC(c1ccc(F)cc1OCc1ccccc1)C2. The first-order chi connectivity index (χ1) is 13.5. The van der Waals surface area contributed by atoms with E-state index in [0.29, 0.717) is 42.1 Å². The molecule has 1 aliphatic rings. The number of rotatable bonds is 4. The summed E-state index contributed by atoms with van der Waals surface area (Å²) in [5.41, 5.74) is 9.35. The number of hydrogen-bond acceptors (Lipinski definition) is 5. The normalized spacial score (nSPS) is 15.9. The third-order valence-electron chi connectivity index (χ3n) is 4.99. The molecule has 2 N–H and O–H groups in total. The Kier molecular flexibility index (Phi) is 4.77. The van der Waals surface area contributed by atoms with Crippen molar-refractivity contribution in [2.24, 2.45) is 0 Å². The molecule has 0 spiro atoms. The largest absolute Gasteiger partial charge is 0.489 e. The number of ketones is 1. The number of Topliss-reactive ketones (excluding diaryl/α,β-unsaturated/α-hetero) is 1. The topological polar surface area (TPSA) is 78.1 Å². The number of carbonyl (C=O) groups is 1. The summed E-state index contributed by atoms with van der Waals surface area (Å²) in [6, 6.07) is 14.1. The first-order valence-electron chi connectivity index (χ1n) is 9.13. The van der Waals surface area contributed by atoms with Gasteiger partial charge in [0.05, 0.1) is 17.0 Å². The Labute approximate surface area is 162 Å². The van der Waals surface area contributed by atoms with Crippen molar-refractivity contribution in [2.45, 2.75) is 32.3 Å². The molecular weight excluding hydrogens is 357 g/mol. The average molecular weight is 377 g/mol. The van der Waals surface area contributed by atoms with Crippen LogP contribution in [0.15, 0.2) is 48.5 Å². The van der Waals surface area contributed by atoms with Gasteiger partial charge in [-0.1, -0.05) is 36.4 Å². The third-order valence-corrected chi connectivity index (χ3v) is 4.99. The zero-order valence-electron chi connectivity index (χ0n) is 15.5. The van der Waals surface area contributed by atoms with E-state index in [1.807, 2.05) is 30.3 Å². The van der Waals surface area contributed by atoms with Crippen molar-refractivity contribution in [3.63, 3.8) is 0 Å². The summed E-state index contributed by atoms with van der Waals surface area (Å²) < 4.78 is 19.8. The van der Waals surface area contributed by atoms with E-state index in [0.717, 1.165) is 11.1 Å². The van der Waals surface area contributed by atoms with Crippen LogP contribution in [0.25, 0.3) is 0 Å². The lowest BCUT2D eigenvalue weighted by molar-refractivity contribution is 0.0961. The highest BCUT2D eigenvalue weighted by atomic mass is 19.1. The molecular formula is C22H20FN3O2. The molecule has 0 saturated heterocycles. The predicted octanol–water partition coefficient (Wildman–Crippen LogP) is 4.00. The fourth-order valence-corrected chi connectivity index (χ4v) is 3.72. The van der Waals surface area contributed by atoms with Crippen LogP contribution in [-0.4, -0.2) is 15.8 Å². The minimum absolute atomic E-state index is 0.0258. The maximum absolute atomic E-state index is 13.9. The maximum atomic E-state index is 13.9. The first-order valence-corrected chi connectivity index (χ1v) is 9.13. The lowest BCUT2D eigenvalue weighted by Crippen LogP contribution is -2.23. The fraction of sp³-hybridized carbons (Fsp3) is 0.227. The van der Waals surface area contributed by atoms with Crippen LogP contribution in [0.5, 0.6) is 5.75 Å². The second-order valence-corrected chi connectivity index (χ2v) is 6.97. The number of fused-ring (bicyclic) bond motifs is 1. The van der Waals surface area contributed by atoms with E-state index in [-0.39, 0.29) is 23.5 Å². The number of nitrogens with zero attached hydrogens (tertiary/aromatic N) is 2. The van der Waals surface area contributed by atoms with Gasteiger partial charge in [-0.25, -0.2) is 14.4 Å². The second-order valence-electron chi connectivity index (χ2n) is 6.97. The van der Waals surface area contributed by atoms with Crippen LogP contribution in [0.4, 0.5) is 10.3 Å². The summed E-state index contributed by atoms with van der Waals surface area (Å²) in [5, 5.41) is 0. The summed E-state index contributed by atoms with van der Waals surface area (Å²) >= 11 is 0. The Balaban J connectivity index is 1.65. The maximum Gasteiger partial charge on any atom is 0.220 e. The molecule has 1 atom stereocenters. The zero-order valence-corrected chi connectivity index (χ0v) is 15.5. The number of halogens is 1.